The first-order chi connectivity index (χ1) is 10.9. The van der Waals surface area contributed by atoms with Crippen molar-refractivity contribution in [2.45, 2.75) is 43.5 Å². The molecule has 8 heteroatoms. The second kappa shape index (κ2) is 6.05. The van der Waals surface area contributed by atoms with Gasteiger partial charge in [0.05, 0.1) is 17.4 Å². The van der Waals surface area contributed by atoms with Crippen LogP contribution in [0.3, 0.4) is 0 Å². The maximum Gasteiger partial charge on any atom is 0.265 e. The summed E-state index contributed by atoms with van der Waals surface area (Å²) >= 11 is 5.85. The number of aryl methyl sites for hydroxylation is 1. The first-order valence-corrected chi connectivity index (χ1v) is 9.30. The molecular weight excluding hydrogens is 338 g/mol. The van der Waals surface area contributed by atoms with E-state index in [4.69, 9.17) is 11.6 Å². The number of anilines is 1. The molecule has 0 radical (unpaired) electrons. The van der Waals surface area contributed by atoms with Gasteiger partial charge in [-0.25, -0.2) is 8.42 Å². The normalized spacial score (nSPS) is 15.9. The van der Waals surface area contributed by atoms with E-state index in [1.54, 1.807) is 17.8 Å². The van der Waals surface area contributed by atoms with Crippen molar-refractivity contribution in [1.82, 2.24) is 9.78 Å². The summed E-state index contributed by atoms with van der Waals surface area (Å²) < 4.78 is 29.3. The van der Waals surface area contributed by atoms with Gasteiger partial charge in [-0.15, -0.1) is 0 Å². The number of rotatable bonds is 4. The van der Waals surface area contributed by atoms with E-state index in [0.29, 0.717) is 10.7 Å². The van der Waals surface area contributed by atoms with E-state index in [0.717, 1.165) is 25.7 Å². The van der Waals surface area contributed by atoms with Gasteiger partial charge in [-0.1, -0.05) is 24.4 Å². The van der Waals surface area contributed by atoms with Crippen LogP contribution in [0.2, 0.25) is 5.02 Å². The largest absolute Gasteiger partial charge is 0.506 e. The highest BCUT2D eigenvalue weighted by atomic mass is 35.5. The first kappa shape index (κ1) is 16.1. The van der Waals surface area contributed by atoms with Crippen LogP contribution in [0.5, 0.6) is 5.75 Å². The third-order valence-corrected chi connectivity index (χ3v) is 5.77. The maximum absolute atomic E-state index is 12.6. The van der Waals surface area contributed by atoms with Gasteiger partial charge in [0.25, 0.3) is 10.0 Å². The molecule has 1 saturated carbocycles. The zero-order valence-corrected chi connectivity index (χ0v) is 14.2. The van der Waals surface area contributed by atoms with E-state index in [2.05, 4.69) is 9.82 Å². The molecule has 0 aliphatic heterocycles. The zero-order valence-electron chi connectivity index (χ0n) is 12.7. The average molecular weight is 356 g/mol. The minimum Gasteiger partial charge on any atom is -0.506 e. The molecule has 1 aromatic heterocycles. The minimum absolute atomic E-state index is 0.0468. The molecule has 0 atom stereocenters. The van der Waals surface area contributed by atoms with Crippen LogP contribution in [0.4, 0.5) is 5.69 Å². The van der Waals surface area contributed by atoms with Crippen molar-refractivity contribution >= 4 is 27.3 Å². The molecular formula is C15H18ClN3O3S. The fraction of sp³-hybridized carbons (Fsp3) is 0.400. The van der Waals surface area contributed by atoms with Gasteiger partial charge in [-0.05, 0) is 38.0 Å². The molecule has 1 aliphatic rings. The van der Waals surface area contributed by atoms with Crippen molar-refractivity contribution in [3.63, 3.8) is 0 Å². The van der Waals surface area contributed by atoms with E-state index < -0.39 is 10.0 Å². The quantitative estimate of drug-likeness (QED) is 0.822. The Bertz CT molecular complexity index is 826. The predicted octanol–water partition coefficient (Wildman–Crippen LogP) is 3.47. The molecule has 1 aromatic carbocycles. The predicted molar refractivity (Wildman–Crippen MR) is 88.4 cm³/mol. The van der Waals surface area contributed by atoms with Crippen LogP contribution in [0.1, 0.15) is 37.4 Å². The first-order valence-electron chi connectivity index (χ1n) is 7.44. The standard InChI is InChI=1S/C15H18ClN3O3S/c1-10-15(9-19(17-10)12-4-2-3-5-12)23(21,22)18-13-8-11(16)6-7-14(13)20/h6-9,12,18,20H,2-5H2,1H3. The molecule has 2 aromatic rings. The van der Waals surface area contributed by atoms with Gasteiger partial charge in [-0.3, -0.25) is 9.40 Å². The summed E-state index contributed by atoms with van der Waals surface area (Å²) in [5, 5.41) is 14.5. The average Bonchev–Trinajstić information content (AvgIpc) is 3.11. The van der Waals surface area contributed by atoms with E-state index in [1.165, 1.54) is 18.2 Å². The Labute approximate surface area is 140 Å². The molecule has 0 unspecified atom stereocenters. The summed E-state index contributed by atoms with van der Waals surface area (Å²) in [6, 6.07) is 4.45. The maximum atomic E-state index is 12.6. The molecule has 0 spiro atoms. The number of phenols is 1. The highest BCUT2D eigenvalue weighted by Crippen LogP contribution is 2.32. The van der Waals surface area contributed by atoms with Gasteiger partial charge < -0.3 is 5.11 Å². The third-order valence-electron chi connectivity index (χ3n) is 4.06. The van der Waals surface area contributed by atoms with Gasteiger partial charge >= 0.3 is 0 Å². The Kier molecular flexibility index (Phi) is 4.25. The molecule has 3 rings (SSSR count). The fourth-order valence-electron chi connectivity index (χ4n) is 2.87. The van der Waals surface area contributed by atoms with Crippen molar-refractivity contribution in [3.8, 4) is 5.75 Å². The van der Waals surface area contributed by atoms with Gasteiger partial charge in [0.15, 0.2) is 0 Å². The van der Waals surface area contributed by atoms with E-state index in [1.807, 2.05) is 0 Å². The summed E-state index contributed by atoms with van der Waals surface area (Å²) in [4.78, 5) is 0.115. The highest BCUT2D eigenvalue weighted by molar-refractivity contribution is 7.92. The van der Waals surface area contributed by atoms with Crippen LogP contribution in [0.25, 0.3) is 0 Å². The number of sulfonamides is 1. The van der Waals surface area contributed by atoms with Crippen molar-refractivity contribution in [2.75, 3.05) is 4.72 Å². The molecule has 0 saturated heterocycles. The highest BCUT2D eigenvalue weighted by Gasteiger charge is 2.25. The van der Waals surface area contributed by atoms with Crippen molar-refractivity contribution < 1.29 is 13.5 Å². The third kappa shape index (κ3) is 3.30. The summed E-state index contributed by atoms with van der Waals surface area (Å²) in [6.45, 7) is 1.66. The molecule has 6 nitrogen and oxygen atoms in total. The summed E-state index contributed by atoms with van der Waals surface area (Å²) in [5.41, 5.74) is 0.483. The summed E-state index contributed by atoms with van der Waals surface area (Å²) in [6.07, 6.45) is 5.88. The molecule has 1 heterocycles. The zero-order chi connectivity index (χ0) is 16.6. The summed E-state index contributed by atoms with van der Waals surface area (Å²) in [5.74, 6) is -0.182. The van der Waals surface area contributed by atoms with Crippen molar-refractivity contribution in [2.24, 2.45) is 0 Å². The molecule has 0 amide bonds. The number of aromatic nitrogens is 2. The number of aromatic hydroxyl groups is 1. The number of benzene rings is 1. The Hall–Kier alpha value is -1.73. The summed E-state index contributed by atoms with van der Waals surface area (Å²) in [7, 11) is -3.84. The van der Waals surface area contributed by atoms with E-state index >= 15 is 0 Å². The minimum atomic E-state index is -3.84. The van der Waals surface area contributed by atoms with Crippen molar-refractivity contribution in [3.05, 3.63) is 35.1 Å². The number of nitrogens with one attached hydrogen (secondary N) is 1. The number of nitrogens with zero attached hydrogens (tertiary/aromatic N) is 2. The number of halogens is 1. The Morgan fingerprint density at radius 2 is 2.04 bits per heavy atom. The Morgan fingerprint density at radius 1 is 1.35 bits per heavy atom. The molecule has 2 N–H and O–H groups in total. The lowest BCUT2D eigenvalue weighted by Gasteiger charge is -2.10. The fourth-order valence-corrected chi connectivity index (χ4v) is 4.29. The second-order valence-electron chi connectivity index (χ2n) is 5.76. The lowest BCUT2D eigenvalue weighted by molar-refractivity contribution is 0.464. The van der Waals surface area contributed by atoms with Crippen LogP contribution in [-0.2, 0) is 10.0 Å². The van der Waals surface area contributed by atoms with Crippen LogP contribution >= 0.6 is 11.6 Å². The smallest absolute Gasteiger partial charge is 0.265 e. The lowest BCUT2D eigenvalue weighted by Crippen LogP contribution is -2.13. The van der Waals surface area contributed by atoms with Gasteiger partial charge in [0.2, 0.25) is 0 Å². The van der Waals surface area contributed by atoms with E-state index in [-0.39, 0.29) is 22.4 Å². The van der Waals surface area contributed by atoms with Crippen LogP contribution in [0.15, 0.2) is 29.3 Å². The Morgan fingerprint density at radius 3 is 2.74 bits per heavy atom. The molecule has 124 valence electrons. The van der Waals surface area contributed by atoms with Gasteiger partial charge in [0, 0.05) is 11.2 Å². The van der Waals surface area contributed by atoms with Crippen LogP contribution < -0.4 is 4.72 Å². The van der Waals surface area contributed by atoms with Gasteiger partial charge in [-0.2, -0.15) is 5.10 Å². The van der Waals surface area contributed by atoms with Gasteiger partial charge in [0.1, 0.15) is 10.6 Å². The van der Waals surface area contributed by atoms with Crippen LogP contribution in [0, 0.1) is 6.92 Å². The number of hydrogen-bond donors (Lipinski definition) is 2. The molecule has 23 heavy (non-hydrogen) atoms. The number of hydrogen-bond acceptors (Lipinski definition) is 4. The molecule has 1 aliphatic carbocycles. The SMILES string of the molecule is Cc1nn(C2CCCC2)cc1S(=O)(=O)Nc1cc(Cl)ccc1O. The van der Waals surface area contributed by atoms with Crippen molar-refractivity contribution in [1.29, 1.82) is 0 Å². The van der Waals surface area contributed by atoms with Crippen LogP contribution in [-0.4, -0.2) is 23.3 Å². The topological polar surface area (TPSA) is 84.2 Å². The second-order valence-corrected chi connectivity index (χ2v) is 7.85. The number of phenolic OH excluding ortho intramolecular Hbond substituents is 1. The monoisotopic (exact) mass is 355 g/mol. The lowest BCUT2D eigenvalue weighted by atomic mass is 10.3. The Balaban J connectivity index is 1.91. The van der Waals surface area contributed by atoms with E-state index in [9.17, 15) is 13.5 Å². The molecule has 1 fully saturated rings. The molecule has 0 bridgehead atoms.